The van der Waals surface area contributed by atoms with Gasteiger partial charge in [0.2, 0.25) is 0 Å². The third-order valence-electron chi connectivity index (χ3n) is 9.48. The molecule has 239 valence electrons. The summed E-state index contributed by atoms with van der Waals surface area (Å²) in [6.07, 6.45) is 9.05. The second kappa shape index (κ2) is 13.1. The van der Waals surface area contributed by atoms with Crippen LogP contribution in [-0.4, -0.2) is 22.1 Å². The second-order valence-electron chi connectivity index (χ2n) is 12.4. The summed E-state index contributed by atoms with van der Waals surface area (Å²) < 4.78 is 0. The fraction of sp³-hybridized carbons (Fsp3) is 0.0455. The summed E-state index contributed by atoms with van der Waals surface area (Å²) in [4.78, 5) is 7.75. The van der Waals surface area contributed by atoms with Crippen LogP contribution >= 0.6 is 0 Å². The van der Waals surface area contributed by atoms with Crippen LogP contribution in [0.1, 0.15) is 33.6 Å². The molecule has 3 aliphatic heterocycles. The van der Waals surface area contributed by atoms with Crippen LogP contribution in [0.3, 0.4) is 0 Å². The van der Waals surface area contributed by atoms with Crippen molar-refractivity contribution in [3.8, 4) is 0 Å². The van der Waals surface area contributed by atoms with Gasteiger partial charge in [-0.2, -0.15) is 0 Å². The van der Waals surface area contributed by atoms with E-state index in [1.165, 1.54) is 22.3 Å². The molecule has 2 unspecified atom stereocenters. The predicted octanol–water partition coefficient (Wildman–Crippen LogP) is 7.03. The molecule has 4 aromatic carbocycles. The van der Waals surface area contributed by atoms with E-state index < -0.39 is 0 Å². The van der Waals surface area contributed by atoms with Crippen LogP contribution in [0, 0.1) is 0 Å². The Labute approximate surface area is 298 Å². The van der Waals surface area contributed by atoms with Gasteiger partial charge in [-0.1, -0.05) is 133 Å². The Hall–Kier alpha value is -5.64. The minimum absolute atomic E-state index is 0. The number of H-pyrrole nitrogens is 2. The summed E-state index contributed by atoms with van der Waals surface area (Å²) >= 11 is 0. The van der Waals surface area contributed by atoms with E-state index >= 15 is 0 Å². The molecule has 9 rings (SSSR count). The van der Waals surface area contributed by atoms with Gasteiger partial charge in [-0.3, -0.25) is 0 Å². The van der Waals surface area contributed by atoms with Gasteiger partial charge < -0.3 is 20.6 Å². The molecule has 4 N–H and O–H groups in total. The number of allylic oxidation sites excluding steroid dienone is 2. The first-order valence-electron chi connectivity index (χ1n) is 16.5. The molecule has 0 spiro atoms. The molecule has 0 fully saturated rings. The van der Waals surface area contributed by atoms with Crippen LogP contribution in [0.2, 0.25) is 0 Å². The van der Waals surface area contributed by atoms with E-state index in [1.807, 2.05) is 0 Å². The van der Waals surface area contributed by atoms with E-state index in [0.717, 1.165) is 55.8 Å². The molecule has 49 heavy (non-hydrogen) atoms. The van der Waals surface area contributed by atoms with E-state index in [4.69, 9.17) is 0 Å². The van der Waals surface area contributed by atoms with Crippen LogP contribution in [0.25, 0.3) is 22.3 Å². The van der Waals surface area contributed by atoms with Crippen molar-refractivity contribution in [3.05, 3.63) is 226 Å². The van der Waals surface area contributed by atoms with Crippen LogP contribution in [0.4, 0.5) is 0 Å². The van der Waals surface area contributed by atoms with Gasteiger partial charge in [0.15, 0.2) is 0 Å². The van der Waals surface area contributed by atoms with Crippen molar-refractivity contribution in [3.63, 3.8) is 0 Å². The fourth-order valence-electron chi connectivity index (χ4n) is 7.32. The molecule has 5 heterocycles. The van der Waals surface area contributed by atoms with E-state index in [0.29, 0.717) is 0 Å². The zero-order chi connectivity index (χ0) is 31.9. The monoisotopic (exact) mass is 721 g/mol. The van der Waals surface area contributed by atoms with E-state index in [-0.39, 0.29) is 31.6 Å². The molecule has 1 radical (unpaired) electrons. The number of fused-ring (bicyclic) bond motifs is 8. The maximum Gasteiger partial charge on any atom is 0.0728 e. The normalized spacial score (nSPS) is 22.0. The molecule has 0 amide bonds. The van der Waals surface area contributed by atoms with Crippen molar-refractivity contribution in [2.45, 2.75) is 12.1 Å². The summed E-state index contributed by atoms with van der Waals surface area (Å²) in [5.41, 5.74) is 13.6. The second-order valence-corrected chi connectivity index (χ2v) is 12.4. The molecule has 0 saturated heterocycles. The zero-order valence-electron chi connectivity index (χ0n) is 26.7. The predicted molar refractivity (Wildman–Crippen MR) is 196 cm³/mol. The average Bonchev–Trinajstić information content (AvgIpc) is 3.98. The van der Waals surface area contributed by atoms with Gasteiger partial charge in [-0.05, 0) is 58.7 Å². The van der Waals surface area contributed by atoms with Crippen molar-refractivity contribution in [1.82, 2.24) is 20.6 Å². The maximum atomic E-state index is 3.93. The summed E-state index contributed by atoms with van der Waals surface area (Å²) in [5.74, 6) is 0. The van der Waals surface area contributed by atoms with Gasteiger partial charge in [-0.25, -0.2) is 0 Å². The number of aromatic amines is 2. The Morgan fingerprint density at radius 3 is 1.12 bits per heavy atom. The first kappa shape index (κ1) is 30.7. The summed E-state index contributed by atoms with van der Waals surface area (Å²) in [6.45, 7) is 0. The maximum absolute atomic E-state index is 3.93. The SMILES string of the molecule is C1=CC2N/C1=C(/c1ccccc1)c1ccc([nH]1)/C(c1ccccc1)=C1/C=CC(N1)/C(c1ccccc1)=c1/ccc([nH]1)=C2c1ccccc1.[Rh]. The van der Waals surface area contributed by atoms with Gasteiger partial charge in [0.1, 0.15) is 0 Å². The summed E-state index contributed by atoms with van der Waals surface area (Å²) in [7, 11) is 0. The number of hydrogen-bond donors (Lipinski definition) is 4. The largest absolute Gasteiger partial charge is 0.374 e. The molecule has 2 atom stereocenters. The average molecular weight is 722 g/mol. The number of rotatable bonds is 4. The van der Waals surface area contributed by atoms with Crippen LogP contribution in [-0.2, 0) is 19.5 Å². The van der Waals surface area contributed by atoms with E-state index in [2.05, 4.69) is 190 Å². The minimum atomic E-state index is -0.0361. The van der Waals surface area contributed by atoms with Gasteiger partial charge in [-0.15, -0.1) is 0 Å². The van der Waals surface area contributed by atoms with Gasteiger partial charge in [0.05, 0.1) is 12.1 Å². The van der Waals surface area contributed by atoms with Crippen LogP contribution in [0.5, 0.6) is 0 Å². The van der Waals surface area contributed by atoms with Crippen molar-refractivity contribution in [2.75, 3.05) is 0 Å². The number of aromatic nitrogens is 2. The van der Waals surface area contributed by atoms with Crippen molar-refractivity contribution < 1.29 is 19.5 Å². The Morgan fingerprint density at radius 2 is 0.735 bits per heavy atom. The molecular weight excluding hydrogens is 687 g/mol. The smallest absolute Gasteiger partial charge is 0.0728 e. The third kappa shape index (κ3) is 5.67. The molecule has 0 saturated carbocycles. The van der Waals surface area contributed by atoms with Crippen LogP contribution in [0.15, 0.2) is 181 Å². The zero-order valence-corrected chi connectivity index (χ0v) is 28.3. The standard InChI is InChI=1S/C44H34N4.Rh/c1-5-13-29(14-6-1)41-33-21-23-35(45-33)42(30-15-7-2-8-16-30)37-25-27-39(47-37)44(32-19-11-4-12-20-32)40-28-26-38(48-40)43(31-17-9-3-10-18-31)36-24-22-34(41)46-36;/h1-28,33,38,45-48H;/b41-34-,42-35-,43-36?,44-40-;. The fourth-order valence-corrected chi connectivity index (χ4v) is 7.32. The van der Waals surface area contributed by atoms with E-state index in [9.17, 15) is 0 Å². The molecule has 5 heteroatoms. The van der Waals surface area contributed by atoms with Gasteiger partial charge in [0.25, 0.3) is 0 Å². The Morgan fingerprint density at radius 1 is 0.367 bits per heavy atom. The summed E-state index contributed by atoms with van der Waals surface area (Å²) in [6, 6.07) is 51.6. The van der Waals surface area contributed by atoms with Gasteiger partial charge >= 0.3 is 0 Å². The minimum Gasteiger partial charge on any atom is -0.374 e. The number of nitrogens with one attached hydrogen (secondary N) is 4. The number of hydrogen-bond acceptors (Lipinski definition) is 2. The molecular formula is C44H34N4Rh. The molecule has 2 aromatic heterocycles. The quantitative estimate of drug-likeness (QED) is 0.148. The topological polar surface area (TPSA) is 55.6 Å². The van der Waals surface area contributed by atoms with Gasteiger partial charge in [0, 0.05) is 75.3 Å². The van der Waals surface area contributed by atoms with Crippen molar-refractivity contribution in [1.29, 1.82) is 0 Å². The Balaban J connectivity index is 0.00000348. The first-order valence-corrected chi connectivity index (χ1v) is 16.5. The Kier molecular flexibility index (Phi) is 8.21. The molecule has 3 aliphatic rings. The van der Waals surface area contributed by atoms with Crippen molar-refractivity contribution >= 4 is 22.3 Å². The molecule has 8 bridgehead atoms. The van der Waals surface area contributed by atoms with Crippen LogP contribution < -0.4 is 21.3 Å². The molecule has 4 nitrogen and oxygen atoms in total. The third-order valence-corrected chi connectivity index (χ3v) is 9.48. The van der Waals surface area contributed by atoms with Crippen molar-refractivity contribution in [2.24, 2.45) is 0 Å². The molecule has 6 aromatic rings. The first-order chi connectivity index (χ1) is 23.8. The Bertz CT molecular complexity index is 2210. The number of benzene rings is 4. The van der Waals surface area contributed by atoms with E-state index in [1.54, 1.807) is 0 Å². The molecule has 0 aliphatic carbocycles. The summed E-state index contributed by atoms with van der Waals surface area (Å²) in [5, 5.41) is 10.0.